The van der Waals surface area contributed by atoms with Crippen LogP contribution in [0.25, 0.3) is 10.2 Å². The van der Waals surface area contributed by atoms with E-state index in [-0.39, 0.29) is 0 Å². The van der Waals surface area contributed by atoms with E-state index in [1.54, 1.807) is 0 Å². The lowest BCUT2D eigenvalue weighted by molar-refractivity contribution is 0.593. The van der Waals surface area contributed by atoms with Crippen molar-refractivity contribution in [3.8, 4) is 0 Å². The molecule has 102 valence electrons. The maximum absolute atomic E-state index is 13.6. The molecule has 2 nitrogen and oxygen atoms in total. The Morgan fingerprint density at radius 1 is 1.20 bits per heavy atom. The summed E-state index contributed by atoms with van der Waals surface area (Å²) >= 11 is 1.24. The van der Waals surface area contributed by atoms with Crippen LogP contribution >= 0.6 is 11.3 Å². The van der Waals surface area contributed by atoms with Gasteiger partial charge < -0.3 is 5.32 Å². The Bertz CT molecular complexity index is 768. The van der Waals surface area contributed by atoms with Gasteiger partial charge in [-0.3, -0.25) is 0 Å². The number of thiazole rings is 1. The third kappa shape index (κ3) is 2.49. The lowest BCUT2D eigenvalue weighted by Crippen LogP contribution is -2.00. The van der Waals surface area contributed by atoms with E-state index in [1.807, 2.05) is 31.2 Å². The van der Waals surface area contributed by atoms with Gasteiger partial charge in [-0.1, -0.05) is 18.2 Å². The number of nitrogens with zero attached hydrogens (tertiary/aromatic N) is 1. The first kappa shape index (κ1) is 13.0. The fourth-order valence-electron chi connectivity index (χ4n) is 2.02. The topological polar surface area (TPSA) is 24.9 Å². The fraction of sp³-hybridized carbons (Fsp3) is 0.133. The zero-order chi connectivity index (χ0) is 14.1. The van der Waals surface area contributed by atoms with Gasteiger partial charge in [0.25, 0.3) is 0 Å². The highest BCUT2D eigenvalue weighted by molar-refractivity contribution is 7.18. The predicted octanol–water partition coefficient (Wildman–Crippen LogP) is 4.50. The van der Waals surface area contributed by atoms with Gasteiger partial charge in [0.05, 0.1) is 16.8 Å². The van der Waals surface area contributed by atoms with Gasteiger partial charge in [-0.2, -0.15) is 0 Å². The zero-order valence-corrected chi connectivity index (χ0v) is 11.6. The Kier molecular flexibility index (Phi) is 3.36. The summed E-state index contributed by atoms with van der Waals surface area (Å²) in [4.78, 5) is 4.26. The van der Waals surface area contributed by atoms with Crippen molar-refractivity contribution in [1.29, 1.82) is 0 Å². The molecule has 0 spiro atoms. The molecule has 0 radical (unpaired) electrons. The Hall–Kier alpha value is -2.01. The lowest BCUT2D eigenvalue weighted by Gasteiger charge is -2.06. The largest absolute Gasteiger partial charge is 0.378 e. The fourth-order valence-corrected chi connectivity index (χ4v) is 2.91. The van der Waals surface area contributed by atoms with Crippen LogP contribution in [-0.4, -0.2) is 4.98 Å². The molecule has 1 aromatic heterocycles. The molecule has 0 aliphatic rings. The number of aromatic nitrogens is 1. The van der Waals surface area contributed by atoms with Crippen molar-refractivity contribution < 1.29 is 8.78 Å². The number of fused-ring (bicyclic) bond motifs is 1. The lowest BCUT2D eigenvalue weighted by atomic mass is 10.2. The molecule has 0 bridgehead atoms. The zero-order valence-electron chi connectivity index (χ0n) is 10.8. The molecule has 0 aliphatic heterocycles. The molecule has 3 rings (SSSR count). The number of nitrogens with one attached hydrogen (secondary N) is 1. The summed E-state index contributed by atoms with van der Waals surface area (Å²) < 4.78 is 27.1. The quantitative estimate of drug-likeness (QED) is 0.768. The van der Waals surface area contributed by atoms with Crippen molar-refractivity contribution in [2.45, 2.75) is 13.5 Å². The number of hydrogen-bond donors (Lipinski definition) is 1. The summed E-state index contributed by atoms with van der Waals surface area (Å²) in [5.74, 6) is -1.15. The number of rotatable bonds is 3. The summed E-state index contributed by atoms with van der Waals surface area (Å²) in [5, 5.41) is 3.99. The molecule has 0 atom stereocenters. The highest BCUT2D eigenvalue weighted by Gasteiger charge is 2.10. The molecule has 0 saturated carbocycles. The van der Waals surface area contributed by atoms with Gasteiger partial charge in [-0.25, -0.2) is 13.8 Å². The first-order valence-electron chi connectivity index (χ1n) is 6.17. The third-order valence-corrected chi connectivity index (χ3v) is 4.11. The molecular formula is C15H12F2N2S. The number of para-hydroxylation sites is 1. The smallest absolute Gasteiger partial charge is 0.145 e. The molecule has 1 N–H and O–H groups in total. The van der Waals surface area contributed by atoms with Gasteiger partial charge in [-0.15, -0.1) is 11.3 Å². The highest BCUT2D eigenvalue weighted by Crippen LogP contribution is 2.26. The minimum atomic E-state index is -0.598. The van der Waals surface area contributed by atoms with Crippen LogP contribution in [0.5, 0.6) is 0 Å². The van der Waals surface area contributed by atoms with Crippen molar-refractivity contribution in [2.75, 3.05) is 5.32 Å². The Balaban J connectivity index is 1.85. The second-order valence-electron chi connectivity index (χ2n) is 4.51. The third-order valence-electron chi connectivity index (χ3n) is 3.03. The number of aryl methyl sites for hydroxylation is 1. The van der Waals surface area contributed by atoms with Gasteiger partial charge in [0.15, 0.2) is 0 Å². The molecule has 1 heterocycles. The molecule has 20 heavy (non-hydrogen) atoms. The number of benzene rings is 2. The normalized spacial score (nSPS) is 10.9. The van der Waals surface area contributed by atoms with Crippen LogP contribution < -0.4 is 5.32 Å². The number of anilines is 1. The van der Waals surface area contributed by atoms with Crippen LogP contribution in [0.15, 0.2) is 36.4 Å². The van der Waals surface area contributed by atoms with E-state index < -0.39 is 11.6 Å². The summed E-state index contributed by atoms with van der Waals surface area (Å²) in [6, 6.07) is 10.0. The van der Waals surface area contributed by atoms with E-state index in [4.69, 9.17) is 0 Å². The number of halogens is 2. The van der Waals surface area contributed by atoms with Crippen LogP contribution in [-0.2, 0) is 6.54 Å². The molecule has 2 aromatic carbocycles. The SMILES string of the molecule is Cc1ccccc1NCc1nc2cc(F)cc(F)c2s1. The average Bonchev–Trinajstić information content (AvgIpc) is 2.81. The van der Waals surface area contributed by atoms with E-state index in [9.17, 15) is 8.78 Å². The van der Waals surface area contributed by atoms with Gasteiger partial charge >= 0.3 is 0 Å². The molecule has 3 aromatic rings. The summed E-state index contributed by atoms with van der Waals surface area (Å²) in [7, 11) is 0. The van der Waals surface area contributed by atoms with Crippen molar-refractivity contribution in [3.63, 3.8) is 0 Å². The molecule has 5 heteroatoms. The average molecular weight is 290 g/mol. The Morgan fingerprint density at radius 2 is 2.00 bits per heavy atom. The summed E-state index contributed by atoms with van der Waals surface area (Å²) in [6.07, 6.45) is 0. The van der Waals surface area contributed by atoms with E-state index in [0.29, 0.717) is 16.8 Å². The first-order chi connectivity index (χ1) is 9.63. The molecule has 0 saturated heterocycles. The maximum atomic E-state index is 13.6. The van der Waals surface area contributed by atoms with Crippen molar-refractivity contribution in [2.24, 2.45) is 0 Å². The molecule has 0 amide bonds. The second-order valence-corrected chi connectivity index (χ2v) is 5.60. The van der Waals surface area contributed by atoms with Crippen LogP contribution in [0.4, 0.5) is 14.5 Å². The van der Waals surface area contributed by atoms with E-state index >= 15 is 0 Å². The highest BCUT2D eigenvalue weighted by atomic mass is 32.1. The summed E-state index contributed by atoms with van der Waals surface area (Å²) in [5.41, 5.74) is 2.51. The predicted molar refractivity (Wildman–Crippen MR) is 78.0 cm³/mol. The van der Waals surface area contributed by atoms with Crippen molar-refractivity contribution in [1.82, 2.24) is 4.98 Å². The van der Waals surface area contributed by atoms with E-state index in [1.165, 1.54) is 17.4 Å². The van der Waals surface area contributed by atoms with Gasteiger partial charge in [0.2, 0.25) is 0 Å². The van der Waals surface area contributed by atoms with Gasteiger partial charge in [-0.05, 0) is 18.6 Å². The molecule has 0 aliphatic carbocycles. The van der Waals surface area contributed by atoms with Crippen LogP contribution in [0.2, 0.25) is 0 Å². The van der Waals surface area contributed by atoms with E-state index in [2.05, 4.69) is 10.3 Å². The van der Waals surface area contributed by atoms with Crippen LogP contribution in [0.1, 0.15) is 10.6 Å². The second kappa shape index (κ2) is 5.17. The maximum Gasteiger partial charge on any atom is 0.145 e. The summed E-state index contributed by atoms with van der Waals surface area (Å²) in [6.45, 7) is 2.50. The van der Waals surface area contributed by atoms with Crippen molar-refractivity contribution in [3.05, 3.63) is 58.6 Å². The first-order valence-corrected chi connectivity index (χ1v) is 6.99. The Labute approximate surface area is 119 Å². The molecular weight excluding hydrogens is 278 g/mol. The minimum absolute atomic E-state index is 0.370. The molecule has 0 unspecified atom stereocenters. The monoisotopic (exact) mass is 290 g/mol. The number of hydrogen-bond acceptors (Lipinski definition) is 3. The van der Waals surface area contributed by atoms with Crippen LogP contribution in [0, 0.1) is 18.6 Å². The van der Waals surface area contributed by atoms with Gasteiger partial charge in [0.1, 0.15) is 16.6 Å². The van der Waals surface area contributed by atoms with Crippen LogP contribution in [0.3, 0.4) is 0 Å². The standard InChI is InChI=1S/C15H12F2N2S/c1-9-4-2-3-5-12(9)18-8-14-19-13-7-10(16)6-11(17)15(13)20-14/h2-7,18H,8H2,1H3. The van der Waals surface area contributed by atoms with Gasteiger partial charge in [0, 0.05) is 17.8 Å². The van der Waals surface area contributed by atoms with Crippen molar-refractivity contribution >= 4 is 27.2 Å². The molecule has 0 fully saturated rings. The van der Waals surface area contributed by atoms with E-state index in [0.717, 1.165) is 22.3 Å². The minimum Gasteiger partial charge on any atom is -0.378 e. The Morgan fingerprint density at radius 3 is 2.80 bits per heavy atom.